The van der Waals surface area contributed by atoms with Crippen molar-refractivity contribution in [3.63, 3.8) is 0 Å². The molecule has 0 amide bonds. The second kappa shape index (κ2) is 2.97. The first-order valence-electron chi connectivity index (χ1n) is 3.99. The van der Waals surface area contributed by atoms with Crippen molar-refractivity contribution in [2.24, 2.45) is 0 Å². The Bertz CT molecular complexity index is 422. The first-order chi connectivity index (χ1) is 6.27. The van der Waals surface area contributed by atoms with Gasteiger partial charge in [-0.25, -0.2) is 0 Å². The Labute approximate surface area is 75.6 Å². The zero-order valence-electron chi connectivity index (χ0n) is 7.48. The van der Waals surface area contributed by atoms with Gasteiger partial charge in [-0.15, -0.1) is 0 Å². The normalized spacial score (nSPS) is 10.3. The molecule has 0 saturated carbocycles. The van der Waals surface area contributed by atoms with Crippen molar-refractivity contribution in [1.29, 1.82) is 0 Å². The second-order valence-corrected chi connectivity index (χ2v) is 2.78. The van der Waals surface area contributed by atoms with Gasteiger partial charge in [-0.1, -0.05) is 5.16 Å². The van der Waals surface area contributed by atoms with Crippen molar-refractivity contribution < 1.29 is 4.52 Å². The molecule has 2 heterocycles. The lowest BCUT2D eigenvalue weighted by atomic mass is 10.2. The number of pyridine rings is 1. The summed E-state index contributed by atoms with van der Waals surface area (Å²) in [5, 5.41) is 3.72. The fourth-order valence-electron chi connectivity index (χ4n) is 1.12. The Morgan fingerprint density at radius 1 is 1.31 bits per heavy atom. The maximum absolute atomic E-state index is 5.03. The third-order valence-electron chi connectivity index (χ3n) is 1.76. The number of rotatable bonds is 1. The van der Waals surface area contributed by atoms with Gasteiger partial charge in [-0.3, -0.25) is 4.98 Å². The fraction of sp³-hybridized carbons (Fsp3) is 0.222. The largest absolute Gasteiger partial charge is 0.334 e. The molecule has 0 bridgehead atoms. The molecule has 0 spiro atoms. The molecular formula is C9H9N3O. The number of nitrogens with zero attached hydrogens (tertiary/aromatic N) is 3. The summed E-state index contributed by atoms with van der Waals surface area (Å²) in [5.74, 6) is 1.17. The van der Waals surface area contributed by atoms with E-state index in [1.54, 1.807) is 13.1 Å². The lowest BCUT2D eigenvalue weighted by Gasteiger charge is -1.96. The summed E-state index contributed by atoms with van der Waals surface area (Å²) in [6.07, 6.45) is 1.74. The van der Waals surface area contributed by atoms with Crippen LogP contribution in [0.2, 0.25) is 0 Å². The van der Waals surface area contributed by atoms with Crippen molar-refractivity contribution >= 4 is 0 Å². The molecule has 0 aliphatic heterocycles. The number of hydrogen-bond donors (Lipinski definition) is 0. The number of aromatic nitrogens is 3. The third kappa shape index (κ3) is 1.42. The molecule has 66 valence electrons. The molecule has 0 fully saturated rings. The van der Waals surface area contributed by atoms with Crippen LogP contribution in [-0.2, 0) is 0 Å². The highest BCUT2D eigenvalue weighted by molar-refractivity contribution is 5.55. The molecule has 0 radical (unpaired) electrons. The fourth-order valence-corrected chi connectivity index (χ4v) is 1.12. The van der Waals surface area contributed by atoms with Gasteiger partial charge < -0.3 is 4.52 Å². The monoisotopic (exact) mass is 175 g/mol. The van der Waals surface area contributed by atoms with Gasteiger partial charge in [-0.05, 0) is 26.0 Å². The summed E-state index contributed by atoms with van der Waals surface area (Å²) in [6, 6.07) is 3.76. The van der Waals surface area contributed by atoms with Crippen LogP contribution in [0.1, 0.15) is 11.5 Å². The van der Waals surface area contributed by atoms with Crippen LogP contribution in [0.4, 0.5) is 0 Å². The molecule has 2 rings (SSSR count). The van der Waals surface area contributed by atoms with E-state index in [4.69, 9.17) is 4.52 Å². The smallest absolute Gasteiger partial charge is 0.259 e. The summed E-state index contributed by atoms with van der Waals surface area (Å²) >= 11 is 0. The molecule has 0 N–H and O–H groups in total. The second-order valence-electron chi connectivity index (χ2n) is 2.78. The van der Waals surface area contributed by atoms with E-state index >= 15 is 0 Å². The molecule has 2 aromatic rings. The molecule has 0 aromatic carbocycles. The molecular weight excluding hydrogens is 166 g/mol. The van der Waals surface area contributed by atoms with E-state index in [9.17, 15) is 0 Å². The van der Waals surface area contributed by atoms with Crippen LogP contribution in [0, 0.1) is 13.8 Å². The average Bonchev–Trinajstić information content (AvgIpc) is 2.53. The molecule has 0 aliphatic rings. The van der Waals surface area contributed by atoms with Crippen LogP contribution in [0.25, 0.3) is 11.5 Å². The van der Waals surface area contributed by atoms with Crippen molar-refractivity contribution in [2.45, 2.75) is 13.8 Å². The Morgan fingerprint density at radius 2 is 2.15 bits per heavy atom. The Balaban J connectivity index is 2.52. The zero-order chi connectivity index (χ0) is 9.26. The molecule has 0 atom stereocenters. The summed E-state index contributed by atoms with van der Waals surface area (Å²) in [6.45, 7) is 3.70. The van der Waals surface area contributed by atoms with Crippen LogP contribution in [0.15, 0.2) is 22.9 Å². The van der Waals surface area contributed by atoms with E-state index < -0.39 is 0 Å². The van der Waals surface area contributed by atoms with Crippen LogP contribution in [0.5, 0.6) is 0 Å². The maximum Gasteiger partial charge on any atom is 0.259 e. The van der Waals surface area contributed by atoms with Gasteiger partial charge in [0, 0.05) is 11.9 Å². The highest BCUT2D eigenvalue weighted by Crippen LogP contribution is 2.18. The summed E-state index contributed by atoms with van der Waals surface area (Å²) in [7, 11) is 0. The molecule has 13 heavy (non-hydrogen) atoms. The number of aryl methyl sites for hydroxylation is 2. The maximum atomic E-state index is 5.03. The van der Waals surface area contributed by atoms with E-state index in [2.05, 4.69) is 15.1 Å². The Kier molecular flexibility index (Phi) is 1.81. The van der Waals surface area contributed by atoms with Crippen molar-refractivity contribution in [2.75, 3.05) is 0 Å². The minimum absolute atomic E-state index is 0.531. The van der Waals surface area contributed by atoms with Gasteiger partial charge in [-0.2, -0.15) is 4.98 Å². The standard InChI is InChI=1S/C9H9N3O/c1-6-8(4-3-5-10-6)9-11-7(2)12-13-9/h3-5H,1-2H3. The van der Waals surface area contributed by atoms with E-state index in [0.29, 0.717) is 11.7 Å². The van der Waals surface area contributed by atoms with Crippen LogP contribution in [-0.4, -0.2) is 15.1 Å². The minimum Gasteiger partial charge on any atom is -0.334 e. The average molecular weight is 175 g/mol. The van der Waals surface area contributed by atoms with Gasteiger partial charge >= 0.3 is 0 Å². The first-order valence-corrected chi connectivity index (χ1v) is 3.99. The highest BCUT2D eigenvalue weighted by atomic mass is 16.5. The van der Waals surface area contributed by atoms with Gasteiger partial charge in [0.2, 0.25) is 0 Å². The molecule has 4 heteroatoms. The quantitative estimate of drug-likeness (QED) is 0.662. The van der Waals surface area contributed by atoms with Gasteiger partial charge in [0.25, 0.3) is 5.89 Å². The Hall–Kier alpha value is -1.71. The topological polar surface area (TPSA) is 51.8 Å². The lowest BCUT2D eigenvalue weighted by Crippen LogP contribution is -1.86. The van der Waals surface area contributed by atoms with E-state index in [-0.39, 0.29) is 0 Å². The highest BCUT2D eigenvalue weighted by Gasteiger charge is 2.08. The first kappa shape index (κ1) is 7.91. The van der Waals surface area contributed by atoms with E-state index in [1.807, 2.05) is 19.1 Å². The van der Waals surface area contributed by atoms with Crippen LogP contribution >= 0.6 is 0 Å². The minimum atomic E-state index is 0.531. The predicted octanol–water partition coefficient (Wildman–Crippen LogP) is 1.75. The SMILES string of the molecule is Cc1noc(-c2cccnc2C)n1. The summed E-state index contributed by atoms with van der Waals surface area (Å²) in [4.78, 5) is 8.26. The van der Waals surface area contributed by atoms with Crippen molar-refractivity contribution in [3.8, 4) is 11.5 Å². The number of hydrogen-bond acceptors (Lipinski definition) is 4. The lowest BCUT2D eigenvalue weighted by molar-refractivity contribution is 0.425. The van der Waals surface area contributed by atoms with Gasteiger partial charge in [0.15, 0.2) is 5.82 Å². The molecule has 0 unspecified atom stereocenters. The summed E-state index contributed by atoms with van der Waals surface area (Å²) in [5.41, 5.74) is 1.79. The third-order valence-corrected chi connectivity index (χ3v) is 1.76. The van der Waals surface area contributed by atoms with E-state index in [1.165, 1.54) is 0 Å². The molecule has 2 aromatic heterocycles. The van der Waals surface area contributed by atoms with Crippen molar-refractivity contribution in [1.82, 2.24) is 15.1 Å². The molecule has 4 nitrogen and oxygen atoms in total. The molecule has 0 saturated heterocycles. The zero-order valence-corrected chi connectivity index (χ0v) is 7.48. The molecule has 0 aliphatic carbocycles. The van der Waals surface area contributed by atoms with E-state index in [0.717, 1.165) is 11.3 Å². The van der Waals surface area contributed by atoms with Crippen LogP contribution in [0.3, 0.4) is 0 Å². The van der Waals surface area contributed by atoms with Crippen molar-refractivity contribution in [3.05, 3.63) is 29.8 Å². The van der Waals surface area contributed by atoms with Crippen LogP contribution < -0.4 is 0 Å². The van der Waals surface area contributed by atoms with Gasteiger partial charge in [0.1, 0.15) is 0 Å². The summed E-state index contributed by atoms with van der Waals surface area (Å²) < 4.78 is 5.03. The van der Waals surface area contributed by atoms with Gasteiger partial charge in [0.05, 0.1) is 5.56 Å². The Morgan fingerprint density at radius 3 is 2.77 bits per heavy atom. The predicted molar refractivity (Wildman–Crippen MR) is 47.0 cm³/mol.